The van der Waals surface area contributed by atoms with Crippen LogP contribution in [0.25, 0.3) is 17.0 Å². The van der Waals surface area contributed by atoms with Gasteiger partial charge in [0.25, 0.3) is 0 Å². The molecule has 35 heavy (non-hydrogen) atoms. The average molecular weight is 592 g/mol. The van der Waals surface area contributed by atoms with Gasteiger partial charge in [-0.1, -0.05) is 45.6 Å². The van der Waals surface area contributed by atoms with Crippen molar-refractivity contribution in [1.29, 1.82) is 0 Å². The molecule has 0 N–H and O–H groups in total. The van der Waals surface area contributed by atoms with Crippen molar-refractivity contribution in [3.63, 3.8) is 0 Å². The van der Waals surface area contributed by atoms with Crippen molar-refractivity contribution in [1.82, 2.24) is 0 Å². The number of furan rings is 1. The van der Waals surface area contributed by atoms with Crippen molar-refractivity contribution < 1.29 is 26.5 Å². The number of unbranched alkanes of at least 4 members (excludes halogenated alkanes) is 3. The molecule has 1 heterocycles. The van der Waals surface area contributed by atoms with Crippen molar-refractivity contribution in [2.24, 2.45) is 0 Å². The van der Waals surface area contributed by atoms with Crippen LogP contribution in [0.2, 0.25) is 0 Å². The van der Waals surface area contributed by atoms with Crippen LogP contribution in [0, 0.1) is 0 Å². The first-order chi connectivity index (χ1) is 16.6. The molecule has 0 aliphatic rings. The molecule has 0 amide bonds. The van der Waals surface area contributed by atoms with Gasteiger partial charge in [-0.3, -0.25) is 4.21 Å². The molecule has 0 bridgehead atoms. The topological polar surface area (TPSA) is 39.4 Å². The zero-order valence-corrected chi connectivity index (χ0v) is 23.4. The van der Waals surface area contributed by atoms with E-state index in [-0.39, 0.29) is 12.4 Å². The van der Waals surface area contributed by atoms with Gasteiger partial charge in [-0.15, -0.1) is 11.8 Å². The fourth-order valence-electron chi connectivity index (χ4n) is 3.18. The molecule has 192 valence electrons. The lowest BCUT2D eigenvalue weighted by molar-refractivity contribution is -0.137. The fraction of sp³-hybridized carbons (Fsp3) is 0.385. The van der Waals surface area contributed by atoms with Crippen LogP contribution < -0.4 is 4.74 Å². The molecule has 0 aliphatic carbocycles. The second-order valence-corrected chi connectivity index (χ2v) is 11.1. The summed E-state index contributed by atoms with van der Waals surface area (Å²) in [5.41, 5.74) is 1.08. The normalized spacial score (nSPS) is 12.9. The number of halogens is 4. The Morgan fingerprint density at radius 2 is 1.83 bits per heavy atom. The second kappa shape index (κ2) is 14.1. The fourth-order valence-corrected chi connectivity index (χ4v) is 5.28. The van der Waals surface area contributed by atoms with Crippen LogP contribution in [-0.2, 0) is 23.6 Å². The number of benzene rings is 2. The molecule has 0 fully saturated rings. The van der Waals surface area contributed by atoms with Crippen LogP contribution in [0.4, 0.5) is 13.2 Å². The Morgan fingerprint density at radius 3 is 2.40 bits per heavy atom. The highest BCUT2D eigenvalue weighted by atomic mass is 79.9. The molecule has 0 saturated carbocycles. The minimum Gasteiger partial charge on any atom is -0.488 e. The zero-order valence-electron chi connectivity index (χ0n) is 20.2. The first-order valence-electron chi connectivity index (χ1n) is 11.2. The van der Waals surface area contributed by atoms with Gasteiger partial charge in [0.15, 0.2) is 0 Å². The van der Waals surface area contributed by atoms with Crippen LogP contribution in [0.5, 0.6) is 5.75 Å². The monoisotopic (exact) mass is 590 g/mol. The molecule has 3 aromatic rings. The summed E-state index contributed by atoms with van der Waals surface area (Å²) in [5.74, 6) is 0.0697. The quantitative estimate of drug-likeness (QED) is 0.233. The highest BCUT2D eigenvalue weighted by Gasteiger charge is 2.31. The predicted molar refractivity (Wildman–Crippen MR) is 145 cm³/mol. The van der Waals surface area contributed by atoms with E-state index in [9.17, 15) is 17.4 Å². The summed E-state index contributed by atoms with van der Waals surface area (Å²) < 4.78 is 63.7. The van der Waals surface area contributed by atoms with Gasteiger partial charge < -0.3 is 9.15 Å². The number of thioether (sulfide) groups is 1. The molecule has 1 atom stereocenters. The van der Waals surface area contributed by atoms with Gasteiger partial charge in [0.2, 0.25) is 0 Å². The van der Waals surface area contributed by atoms with E-state index < -0.39 is 22.5 Å². The van der Waals surface area contributed by atoms with Crippen molar-refractivity contribution >= 4 is 55.5 Å². The zero-order chi connectivity index (χ0) is 26.0. The van der Waals surface area contributed by atoms with Crippen LogP contribution in [0.1, 0.15) is 56.2 Å². The van der Waals surface area contributed by atoms with Crippen LogP contribution in [0.3, 0.4) is 0 Å². The molecule has 0 radical (unpaired) electrons. The third-order valence-corrected chi connectivity index (χ3v) is 8.01. The molecular formula is C26H30BrF3O3S2. The summed E-state index contributed by atoms with van der Waals surface area (Å²) >= 11 is 4.70. The maximum absolute atomic E-state index is 13.2. The molecule has 3 rings (SSSR count). The summed E-state index contributed by atoms with van der Waals surface area (Å²) in [5, 5.41) is 0.855. The first-order valence-corrected chi connectivity index (χ1v) is 14.8. The van der Waals surface area contributed by atoms with Crippen LogP contribution in [-0.4, -0.2) is 16.7 Å². The summed E-state index contributed by atoms with van der Waals surface area (Å²) in [4.78, 5) is 0. The highest BCUT2D eigenvalue weighted by Crippen LogP contribution is 2.35. The number of hydrogen-bond acceptors (Lipinski definition) is 4. The van der Waals surface area contributed by atoms with Crippen molar-refractivity contribution in [2.45, 2.75) is 52.3 Å². The summed E-state index contributed by atoms with van der Waals surface area (Å²) in [7, 11) is -1.26. The highest BCUT2D eigenvalue weighted by molar-refractivity contribution is 9.10. The van der Waals surface area contributed by atoms with Gasteiger partial charge in [-0.05, 0) is 64.2 Å². The Hall–Kier alpha value is -1.71. The lowest BCUT2D eigenvalue weighted by Gasteiger charge is -2.14. The maximum Gasteiger partial charge on any atom is 0.416 e. The summed E-state index contributed by atoms with van der Waals surface area (Å²) in [6.45, 7) is 4.52. The Balaban J connectivity index is 0.000000641. The molecule has 2 aromatic carbocycles. The average Bonchev–Trinajstić information content (AvgIpc) is 3.29. The van der Waals surface area contributed by atoms with Gasteiger partial charge in [-0.2, -0.15) is 13.2 Å². The minimum absolute atomic E-state index is 0.0612. The minimum atomic E-state index is -4.49. The molecule has 0 saturated heterocycles. The number of ether oxygens (including phenoxy) is 1. The van der Waals surface area contributed by atoms with E-state index in [4.69, 9.17) is 9.15 Å². The Kier molecular flexibility index (Phi) is 11.9. The number of alkyl halides is 3. The van der Waals surface area contributed by atoms with Gasteiger partial charge in [0.05, 0.1) is 31.3 Å². The smallest absolute Gasteiger partial charge is 0.416 e. The Bertz CT molecular complexity index is 1150. The standard InChI is InChI=1S/C20H16BrF3O3S2.C6H14/c1-28-18(29(2)25)9-13-3-4-15(20(22,23)24)10-17(13)27-11-12-7-14-5-6-26-19(14)16(21)8-12;1-3-5-6-4-2/h3-10H,11H2,1-2H3;3-6H2,1-2H3/b18-9+;. The van der Waals surface area contributed by atoms with E-state index in [0.717, 1.165) is 27.6 Å². The van der Waals surface area contributed by atoms with E-state index in [0.29, 0.717) is 15.4 Å². The van der Waals surface area contributed by atoms with Crippen molar-refractivity contribution in [3.05, 3.63) is 68.1 Å². The molecule has 3 nitrogen and oxygen atoms in total. The van der Waals surface area contributed by atoms with E-state index in [1.807, 2.05) is 6.07 Å². The van der Waals surface area contributed by atoms with E-state index in [2.05, 4.69) is 29.8 Å². The summed E-state index contributed by atoms with van der Waals surface area (Å²) in [6.07, 6.45) is 7.47. The van der Waals surface area contributed by atoms with Gasteiger partial charge in [0.1, 0.15) is 17.9 Å². The third kappa shape index (κ3) is 9.03. The number of fused-ring (bicyclic) bond motifs is 1. The first kappa shape index (κ1) is 29.5. The van der Waals surface area contributed by atoms with E-state index in [1.54, 1.807) is 30.7 Å². The lowest BCUT2D eigenvalue weighted by atomic mass is 10.1. The largest absolute Gasteiger partial charge is 0.488 e. The molecule has 1 aromatic heterocycles. The van der Waals surface area contributed by atoms with Crippen molar-refractivity contribution in [3.8, 4) is 5.75 Å². The van der Waals surface area contributed by atoms with Crippen LogP contribution >= 0.6 is 27.7 Å². The molecule has 1 unspecified atom stereocenters. The molecular weight excluding hydrogens is 561 g/mol. The summed E-state index contributed by atoms with van der Waals surface area (Å²) in [6, 6.07) is 8.72. The Labute approximate surface area is 220 Å². The van der Waals surface area contributed by atoms with Gasteiger partial charge >= 0.3 is 6.18 Å². The SMILES string of the molecule is CCCCCC.CS/C(=C\c1ccc(C(F)(F)F)cc1OCc1cc(Br)c2occc2c1)S(C)=O. The van der Waals surface area contributed by atoms with Gasteiger partial charge in [-0.25, -0.2) is 0 Å². The van der Waals surface area contributed by atoms with Gasteiger partial charge in [0, 0.05) is 17.2 Å². The van der Waals surface area contributed by atoms with E-state index in [1.165, 1.54) is 49.8 Å². The lowest BCUT2D eigenvalue weighted by Crippen LogP contribution is -2.06. The predicted octanol–water partition coefficient (Wildman–Crippen LogP) is 9.42. The number of hydrogen-bond donors (Lipinski definition) is 0. The van der Waals surface area contributed by atoms with Crippen molar-refractivity contribution in [2.75, 3.05) is 12.5 Å². The van der Waals surface area contributed by atoms with Crippen LogP contribution in [0.15, 0.2) is 55.8 Å². The maximum atomic E-state index is 13.2. The molecule has 9 heteroatoms. The third-order valence-electron chi connectivity index (χ3n) is 5.02. The molecule has 0 aliphatic heterocycles. The number of rotatable bonds is 9. The Morgan fingerprint density at radius 1 is 1.14 bits per heavy atom. The second-order valence-electron chi connectivity index (χ2n) is 7.78. The molecule has 0 spiro atoms. The van der Waals surface area contributed by atoms with E-state index >= 15 is 0 Å².